The summed E-state index contributed by atoms with van der Waals surface area (Å²) < 4.78 is 1.99. The topological polar surface area (TPSA) is 87.4 Å². The van der Waals surface area contributed by atoms with E-state index in [1.165, 1.54) is 32.1 Å². The van der Waals surface area contributed by atoms with E-state index in [9.17, 15) is 4.79 Å². The van der Waals surface area contributed by atoms with Crippen LogP contribution in [0.4, 0.5) is 0 Å². The van der Waals surface area contributed by atoms with Crippen LogP contribution in [0.5, 0.6) is 0 Å². The lowest BCUT2D eigenvalue weighted by Gasteiger charge is -2.27. The second-order valence-electron chi connectivity index (χ2n) is 7.98. The third-order valence-corrected chi connectivity index (χ3v) is 5.46. The molecule has 0 bridgehead atoms. The summed E-state index contributed by atoms with van der Waals surface area (Å²) in [5.74, 6) is 3.33. The first-order valence-corrected chi connectivity index (χ1v) is 10.2. The summed E-state index contributed by atoms with van der Waals surface area (Å²) >= 11 is 0. The van der Waals surface area contributed by atoms with Crippen molar-refractivity contribution >= 4 is 11.9 Å². The van der Waals surface area contributed by atoms with Gasteiger partial charge in [-0.2, -0.15) is 5.10 Å². The molecule has 3 rings (SSSR count). The Balaban J connectivity index is 1.60. The average molecular weight is 376 g/mol. The standard InChI is InChI=1S/C19H33N7O/c1-14-22-17-10-9-16(13-26(17)24-14)23-19(21-12-18(27)25(2)3)20-11-15-7-5-4-6-8-15/h15-16H,4-13H2,1-3H3,(H2,20,21,23). The number of amides is 1. The van der Waals surface area contributed by atoms with E-state index < -0.39 is 0 Å². The van der Waals surface area contributed by atoms with E-state index in [-0.39, 0.29) is 18.5 Å². The van der Waals surface area contributed by atoms with Gasteiger partial charge in [-0.15, -0.1) is 0 Å². The van der Waals surface area contributed by atoms with Crippen molar-refractivity contribution in [3.63, 3.8) is 0 Å². The number of fused-ring (bicyclic) bond motifs is 1. The van der Waals surface area contributed by atoms with E-state index >= 15 is 0 Å². The van der Waals surface area contributed by atoms with E-state index in [1.54, 1.807) is 19.0 Å². The highest BCUT2D eigenvalue weighted by atomic mass is 16.2. The molecule has 1 aliphatic carbocycles. The van der Waals surface area contributed by atoms with Crippen molar-refractivity contribution in [2.45, 2.75) is 64.5 Å². The number of nitrogens with one attached hydrogen (secondary N) is 2. The van der Waals surface area contributed by atoms with Crippen molar-refractivity contribution in [3.8, 4) is 0 Å². The number of hydrogen-bond donors (Lipinski definition) is 2. The fourth-order valence-electron chi connectivity index (χ4n) is 3.82. The van der Waals surface area contributed by atoms with Crippen molar-refractivity contribution < 1.29 is 4.79 Å². The lowest BCUT2D eigenvalue weighted by atomic mass is 9.89. The van der Waals surface area contributed by atoms with Gasteiger partial charge in [-0.25, -0.2) is 14.7 Å². The number of rotatable bonds is 5. The van der Waals surface area contributed by atoms with E-state index in [2.05, 4.69) is 25.7 Å². The van der Waals surface area contributed by atoms with Gasteiger partial charge in [-0.05, 0) is 32.1 Å². The maximum Gasteiger partial charge on any atom is 0.243 e. The van der Waals surface area contributed by atoms with E-state index in [1.807, 2.05) is 11.6 Å². The Morgan fingerprint density at radius 2 is 2.04 bits per heavy atom. The zero-order valence-electron chi connectivity index (χ0n) is 16.9. The van der Waals surface area contributed by atoms with Crippen LogP contribution in [0.3, 0.4) is 0 Å². The van der Waals surface area contributed by atoms with Crippen LogP contribution in [0.25, 0.3) is 0 Å². The number of likely N-dealkylation sites (N-methyl/N-ethyl adjacent to an activating group) is 1. The van der Waals surface area contributed by atoms with Gasteiger partial charge in [-0.3, -0.25) is 4.79 Å². The Morgan fingerprint density at radius 1 is 1.26 bits per heavy atom. The van der Waals surface area contributed by atoms with Crippen molar-refractivity contribution in [2.75, 3.05) is 27.2 Å². The third kappa shape index (κ3) is 5.68. The minimum Gasteiger partial charge on any atom is -0.356 e. The molecule has 1 aromatic heterocycles. The predicted molar refractivity (Wildman–Crippen MR) is 106 cm³/mol. The molecule has 0 aromatic carbocycles. The lowest BCUT2D eigenvalue weighted by Crippen LogP contribution is -2.48. The summed E-state index contributed by atoms with van der Waals surface area (Å²) in [5, 5.41) is 11.5. The Labute approximate surface area is 161 Å². The van der Waals surface area contributed by atoms with E-state index in [0.29, 0.717) is 5.92 Å². The maximum absolute atomic E-state index is 12.0. The van der Waals surface area contributed by atoms with Gasteiger partial charge >= 0.3 is 0 Å². The second kappa shape index (κ2) is 9.19. The molecule has 1 amide bonds. The highest BCUT2D eigenvalue weighted by Crippen LogP contribution is 2.22. The van der Waals surface area contributed by atoms with Crippen molar-refractivity contribution in [1.82, 2.24) is 30.3 Å². The third-order valence-electron chi connectivity index (χ3n) is 5.46. The molecule has 1 unspecified atom stereocenters. The van der Waals surface area contributed by atoms with Gasteiger partial charge in [0.1, 0.15) is 18.2 Å². The van der Waals surface area contributed by atoms with Crippen LogP contribution in [0.1, 0.15) is 50.2 Å². The van der Waals surface area contributed by atoms with Gasteiger partial charge in [0.25, 0.3) is 0 Å². The van der Waals surface area contributed by atoms with Crippen LogP contribution in [0.2, 0.25) is 0 Å². The van der Waals surface area contributed by atoms with Crippen LogP contribution in [-0.4, -0.2) is 64.8 Å². The Bertz CT molecular complexity index is 661. The fourth-order valence-corrected chi connectivity index (χ4v) is 3.82. The zero-order valence-corrected chi connectivity index (χ0v) is 16.9. The monoisotopic (exact) mass is 375 g/mol. The fraction of sp³-hybridized carbons (Fsp3) is 0.789. The largest absolute Gasteiger partial charge is 0.356 e. The number of carbonyl (C=O) groups is 1. The van der Waals surface area contributed by atoms with Gasteiger partial charge in [0.2, 0.25) is 5.91 Å². The molecule has 8 nitrogen and oxygen atoms in total. The minimum absolute atomic E-state index is 0.00611. The van der Waals surface area contributed by atoms with Crippen LogP contribution >= 0.6 is 0 Å². The van der Waals surface area contributed by atoms with Crippen LogP contribution in [0, 0.1) is 12.8 Å². The second-order valence-corrected chi connectivity index (χ2v) is 7.98. The summed E-state index contributed by atoms with van der Waals surface area (Å²) in [6.07, 6.45) is 8.46. The predicted octanol–water partition coefficient (Wildman–Crippen LogP) is 1.11. The molecular weight excluding hydrogens is 342 g/mol. The van der Waals surface area contributed by atoms with Crippen molar-refractivity contribution in [2.24, 2.45) is 10.9 Å². The molecule has 1 fully saturated rings. The molecule has 0 saturated heterocycles. The van der Waals surface area contributed by atoms with Crippen LogP contribution in [-0.2, 0) is 17.8 Å². The Morgan fingerprint density at radius 3 is 2.78 bits per heavy atom. The number of guanidine groups is 1. The van der Waals surface area contributed by atoms with Gasteiger partial charge in [0.05, 0.1) is 6.54 Å². The van der Waals surface area contributed by atoms with Crippen LogP contribution < -0.4 is 10.6 Å². The van der Waals surface area contributed by atoms with Gasteiger partial charge in [0.15, 0.2) is 5.96 Å². The highest BCUT2D eigenvalue weighted by Gasteiger charge is 2.22. The highest BCUT2D eigenvalue weighted by molar-refractivity contribution is 5.84. The first-order chi connectivity index (χ1) is 13.0. The number of aliphatic imine (C=N–C) groups is 1. The molecule has 1 atom stereocenters. The quantitative estimate of drug-likeness (QED) is 0.595. The van der Waals surface area contributed by atoms with Crippen molar-refractivity contribution in [1.29, 1.82) is 0 Å². The average Bonchev–Trinajstić information content (AvgIpc) is 3.03. The van der Waals surface area contributed by atoms with Crippen LogP contribution in [0.15, 0.2) is 4.99 Å². The maximum atomic E-state index is 12.0. The normalized spacial score (nSPS) is 20.9. The molecule has 1 saturated carbocycles. The minimum atomic E-state index is 0.00611. The molecule has 1 aliphatic heterocycles. The van der Waals surface area contributed by atoms with Crippen molar-refractivity contribution in [3.05, 3.63) is 11.6 Å². The van der Waals surface area contributed by atoms with Gasteiger partial charge < -0.3 is 15.5 Å². The molecule has 8 heteroatoms. The summed E-state index contributed by atoms with van der Waals surface area (Å²) in [6, 6.07) is 0.241. The summed E-state index contributed by atoms with van der Waals surface area (Å²) in [6.45, 7) is 3.79. The summed E-state index contributed by atoms with van der Waals surface area (Å²) in [4.78, 5) is 22.5. The van der Waals surface area contributed by atoms with Gasteiger partial charge in [-0.1, -0.05) is 19.3 Å². The number of nitrogens with zero attached hydrogens (tertiary/aromatic N) is 5. The molecule has 2 heterocycles. The SMILES string of the molecule is Cc1nc2n(n1)CC(NC(=NCC(=O)N(C)C)NCC1CCCCC1)CC2. The molecule has 2 aliphatic rings. The molecule has 0 spiro atoms. The van der Waals surface area contributed by atoms with E-state index in [0.717, 1.165) is 43.5 Å². The smallest absolute Gasteiger partial charge is 0.243 e. The van der Waals surface area contributed by atoms with Gasteiger partial charge in [0, 0.05) is 33.1 Å². The molecule has 27 heavy (non-hydrogen) atoms. The number of carbonyl (C=O) groups excluding carboxylic acids is 1. The molecule has 0 radical (unpaired) electrons. The zero-order chi connectivity index (χ0) is 19.2. The first kappa shape index (κ1) is 19.6. The summed E-state index contributed by atoms with van der Waals surface area (Å²) in [7, 11) is 3.52. The first-order valence-electron chi connectivity index (χ1n) is 10.2. The number of aryl methyl sites for hydroxylation is 2. The molecular formula is C19H33N7O. The van der Waals surface area contributed by atoms with E-state index in [4.69, 9.17) is 0 Å². The Hall–Kier alpha value is -2.12. The number of aromatic nitrogens is 3. The molecule has 2 N–H and O–H groups in total. The summed E-state index contributed by atoms with van der Waals surface area (Å²) in [5.41, 5.74) is 0. The number of hydrogen-bond acceptors (Lipinski definition) is 4. The lowest BCUT2D eigenvalue weighted by molar-refractivity contribution is -0.127. The molecule has 1 aromatic rings. The molecule has 150 valence electrons. The Kier molecular flexibility index (Phi) is 6.68.